The van der Waals surface area contributed by atoms with Gasteiger partial charge in [0, 0.05) is 11.8 Å². The largest absolute Gasteiger partial charge is 0.363 e. The third-order valence-electron chi connectivity index (χ3n) is 3.84. The molecule has 0 aliphatic carbocycles. The van der Waals surface area contributed by atoms with Gasteiger partial charge in [0.2, 0.25) is 7.09 Å². The zero-order chi connectivity index (χ0) is 14.5. The highest BCUT2D eigenvalue weighted by molar-refractivity contribution is 8.15. The Bertz CT molecular complexity index is 338. The molecular weight excluding hydrogens is 247 g/mol. The van der Waals surface area contributed by atoms with Crippen LogP contribution in [0.15, 0.2) is 12.7 Å². The van der Waals surface area contributed by atoms with Crippen molar-refractivity contribution in [3.8, 4) is 0 Å². The SMILES string of the molecule is [3H][B]SOCC(C)(C)[C@]1(C)O[C@H](CC=C)CCC1=O. The van der Waals surface area contributed by atoms with Crippen molar-refractivity contribution in [2.45, 2.75) is 51.7 Å². The highest BCUT2D eigenvalue weighted by Crippen LogP contribution is 2.41. The molecule has 1 rings (SSSR count). The summed E-state index contributed by atoms with van der Waals surface area (Å²) < 4.78 is 18.3. The number of ketones is 1. The summed E-state index contributed by atoms with van der Waals surface area (Å²) >= 11 is 0.969. The minimum Gasteiger partial charge on any atom is -0.363 e. The van der Waals surface area contributed by atoms with Crippen LogP contribution in [0.4, 0.5) is 0 Å². The average molecular weight is 271 g/mol. The Morgan fingerprint density at radius 3 is 3.17 bits per heavy atom. The fraction of sp³-hybridized carbons (Fsp3) is 0.769. The Labute approximate surface area is 117 Å². The molecule has 1 radical (unpaired) electrons. The molecule has 0 saturated carbocycles. The normalized spacial score (nSPS) is 29.8. The third kappa shape index (κ3) is 3.19. The predicted molar refractivity (Wildman–Crippen MR) is 76.8 cm³/mol. The van der Waals surface area contributed by atoms with Gasteiger partial charge in [-0.1, -0.05) is 31.8 Å². The highest BCUT2D eigenvalue weighted by atomic mass is 32.2. The lowest BCUT2D eigenvalue weighted by atomic mass is 9.71. The van der Waals surface area contributed by atoms with Crippen LogP contribution in [-0.4, -0.2) is 32.5 Å². The monoisotopic (exact) mass is 271 g/mol. The lowest BCUT2D eigenvalue weighted by Gasteiger charge is -2.47. The fourth-order valence-corrected chi connectivity index (χ4v) is 2.56. The molecule has 0 N–H and O–H groups in total. The van der Waals surface area contributed by atoms with Crippen molar-refractivity contribution in [2.75, 3.05) is 6.61 Å². The van der Waals surface area contributed by atoms with Crippen molar-refractivity contribution < 1.29 is 13.7 Å². The van der Waals surface area contributed by atoms with E-state index < -0.39 is 11.0 Å². The van der Waals surface area contributed by atoms with Crippen LogP contribution in [0.3, 0.4) is 0 Å². The molecule has 18 heavy (non-hydrogen) atoms. The number of Topliss-reactive ketones (excluding diaryl/α,β-unsaturated/α-hetero) is 1. The van der Waals surface area contributed by atoms with Crippen LogP contribution < -0.4 is 0 Å². The molecule has 101 valence electrons. The summed E-state index contributed by atoms with van der Waals surface area (Å²) in [5, 5.41) is 0. The molecule has 1 aliphatic rings. The second kappa shape index (κ2) is 6.26. The van der Waals surface area contributed by atoms with Crippen molar-refractivity contribution in [1.29, 1.82) is 1.34 Å². The molecule has 3 nitrogen and oxygen atoms in total. The van der Waals surface area contributed by atoms with Gasteiger partial charge in [-0.2, -0.15) is 0 Å². The summed E-state index contributed by atoms with van der Waals surface area (Å²) in [5.41, 5.74) is -1.29. The maximum atomic E-state index is 12.3. The molecular formula is C13H22BO3S. The molecule has 0 bridgehead atoms. The smallest absolute Gasteiger partial charge is 0.209 e. The Balaban J connectivity index is 2.78. The van der Waals surface area contributed by atoms with Crippen LogP contribution in [0, 0.1) is 5.41 Å². The van der Waals surface area contributed by atoms with Crippen molar-refractivity contribution >= 4 is 24.8 Å². The molecule has 0 aromatic heterocycles. The van der Waals surface area contributed by atoms with Gasteiger partial charge >= 0.3 is 0 Å². The molecule has 5 heteroatoms. The van der Waals surface area contributed by atoms with Gasteiger partial charge in [-0.15, -0.1) is 6.58 Å². The van der Waals surface area contributed by atoms with Crippen LogP contribution in [-0.2, 0) is 13.7 Å². The molecule has 0 aromatic rings. The number of carbonyl (C=O) groups is 1. The molecule has 2 atom stereocenters. The minimum atomic E-state index is -0.846. The number of rotatable bonds is 7. The summed E-state index contributed by atoms with van der Waals surface area (Å²) in [6.45, 7) is 9.86. The van der Waals surface area contributed by atoms with Gasteiger partial charge in [-0.3, -0.25) is 4.79 Å². The van der Waals surface area contributed by atoms with E-state index in [1.165, 1.54) is 0 Å². The van der Waals surface area contributed by atoms with E-state index in [1.54, 1.807) is 0 Å². The van der Waals surface area contributed by atoms with Gasteiger partial charge in [0.05, 0.1) is 12.7 Å². The Hall–Kier alpha value is -0.255. The molecule has 0 aromatic carbocycles. The van der Waals surface area contributed by atoms with Crippen LogP contribution >= 0.6 is 11.9 Å². The quantitative estimate of drug-likeness (QED) is 0.308. The molecule has 1 aliphatic heterocycles. The topological polar surface area (TPSA) is 35.5 Å². The van der Waals surface area contributed by atoms with Crippen molar-refractivity contribution in [3.05, 3.63) is 12.7 Å². The molecule has 1 heterocycles. The van der Waals surface area contributed by atoms with E-state index in [-0.39, 0.29) is 11.9 Å². The summed E-state index contributed by atoms with van der Waals surface area (Å²) in [5.74, 6) is 0.126. The predicted octanol–water partition coefficient (Wildman–Crippen LogP) is 2.58. The minimum absolute atomic E-state index is 0.0508. The molecule has 0 unspecified atom stereocenters. The number of hydrogen-bond donors (Lipinski definition) is 0. The van der Waals surface area contributed by atoms with Gasteiger partial charge < -0.3 is 8.92 Å². The van der Waals surface area contributed by atoms with E-state index in [1.807, 2.05) is 26.8 Å². The summed E-state index contributed by atoms with van der Waals surface area (Å²) in [4.78, 5) is 12.3. The molecule has 1 fully saturated rings. The summed E-state index contributed by atoms with van der Waals surface area (Å²) in [6, 6.07) is 0. The van der Waals surface area contributed by atoms with E-state index in [4.69, 9.17) is 10.3 Å². The van der Waals surface area contributed by atoms with E-state index >= 15 is 0 Å². The average Bonchev–Trinajstić information content (AvgIpc) is 2.34. The van der Waals surface area contributed by atoms with Crippen LogP contribution in [0.5, 0.6) is 0 Å². The van der Waals surface area contributed by atoms with Crippen molar-refractivity contribution in [2.24, 2.45) is 5.41 Å². The van der Waals surface area contributed by atoms with Crippen LogP contribution in [0.25, 0.3) is 0 Å². The van der Waals surface area contributed by atoms with Gasteiger partial charge in [-0.05, 0) is 21.1 Å². The first-order valence-electron chi connectivity index (χ1n) is 6.75. The van der Waals surface area contributed by atoms with Gasteiger partial charge in [0.15, 0.2) is 5.78 Å². The van der Waals surface area contributed by atoms with Gasteiger partial charge in [0.1, 0.15) is 5.60 Å². The number of ether oxygens (including phenoxy) is 1. The fourth-order valence-electron chi connectivity index (χ4n) is 2.20. The van der Waals surface area contributed by atoms with Crippen LogP contribution in [0.1, 0.15) is 40.0 Å². The van der Waals surface area contributed by atoms with E-state index in [2.05, 4.69) is 6.58 Å². The molecule has 1 saturated heterocycles. The summed E-state index contributed by atoms with van der Waals surface area (Å²) in [7, 11) is 1.13. The van der Waals surface area contributed by atoms with Crippen LogP contribution in [0.2, 0.25) is 0 Å². The summed E-state index contributed by atoms with van der Waals surface area (Å²) in [6.07, 6.45) is 3.93. The van der Waals surface area contributed by atoms with E-state index in [0.717, 1.165) is 31.8 Å². The molecule has 0 spiro atoms. The Morgan fingerprint density at radius 1 is 1.83 bits per heavy atom. The lowest BCUT2D eigenvalue weighted by molar-refractivity contribution is -0.189. The number of hydrogen-bond acceptors (Lipinski definition) is 4. The van der Waals surface area contributed by atoms with Crippen molar-refractivity contribution in [1.82, 2.24) is 0 Å². The standard InChI is InChI=1S/C13H22BO3S/c1-5-6-10-7-8-11(15)13(4,17-10)12(2,3)9-16-18-14/h5,10,14H,1,6-9H2,2-4H3/t10-,13-/m1/s1/i14T. The second-order valence-corrected chi connectivity index (χ2v) is 5.93. The van der Waals surface area contributed by atoms with Crippen molar-refractivity contribution in [3.63, 3.8) is 0 Å². The zero-order valence-corrected chi connectivity index (χ0v) is 12.2. The first-order chi connectivity index (χ1) is 8.87. The lowest BCUT2D eigenvalue weighted by Crippen LogP contribution is -2.57. The maximum Gasteiger partial charge on any atom is 0.209 e. The molecule has 0 amide bonds. The van der Waals surface area contributed by atoms with Gasteiger partial charge in [0.25, 0.3) is 0 Å². The zero-order valence-electron chi connectivity index (χ0n) is 12.4. The first kappa shape index (κ1) is 14.2. The second-order valence-electron chi connectivity index (χ2n) is 5.50. The Morgan fingerprint density at radius 2 is 2.56 bits per heavy atom. The number of carbonyl (C=O) groups excluding carboxylic acids is 1. The van der Waals surface area contributed by atoms with Gasteiger partial charge in [-0.25, -0.2) is 0 Å². The highest BCUT2D eigenvalue weighted by Gasteiger charge is 2.51. The Kier molecular flexibility index (Phi) is 4.93. The van der Waals surface area contributed by atoms with E-state index in [9.17, 15) is 4.79 Å². The maximum absolute atomic E-state index is 12.3. The first-order valence-corrected chi connectivity index (χ1v) is 6.98. The van der Waals surface area contributed by atoms with E-state index in [0.29, 0.717) is 13.0 Å². The third-order valence-corrected chi connectivity index (χ3v) is 4.09.